The highest BCUT2D eigenvalue weighted by Gasteiger charge is 2.15. The maximum absolute atomic E-state index is 5.99. The fourth-order valence-corrected chi connectivity index (χ4v) is 1.96. The topological polar surface area (TPSA) is 64.9 Å². The van der Waals surface area contributed by atoms with Crippen molar-refractivity contribution in [3.8, 4) is 0 Å². The lowest BCUT2D eigenvalue weighted by molar-refractivity contribution is 0.579. The Hall–Kier alpha value is -1.45. The van der Waals surface area contributed by atoms with Crippen molar-refractivity contribution in [1.82, 2.24) is 4.98 Å². The van der Waals surface area contributed by atoms with E-state index in [4.69, 9.17) is 11.5 Å². The first-order valence-electron chi connectivity index (χ1n) is 5.53. The molecular formula is C13H17N3. The third-order valence-electron chi connectivity index (χ3n) is 3.08. The van der Waals surface area contributed by atoms with Gasteiger partial charge in [0.2, 0.25) is 0 Å². The predicted molar refractivity (Wildman–Crippen MR) is 67.2 cm³/mol. The number of nitrogens with zero attached hydrogens (tertiary/aromatic N) is 1. The Morgan fingerprint density at radius 3 is 2.81 bits per heavy atom. The molecule has 3 nitrogen and oxygen atoms in total. The second-order valence-electron chi connectivity index (χ2n) is 4.11. The van der Waals surface area contributed by atoms with Crippen molar-refractivity contribution >= 4 is 10.9 Å². The molecule has 16 heavy (non-hydrogen) atoms. The zero-order valence-electron chi connectivity index (χ0n) is 9.43. The molecule has 0 aliphatic carbocycles. The van der Waals surface area contributed by atoms with Crippen LogP contribution in [0.3, 0.4) is 0 Å². The molecule has 1 heterocycles. The predicted octanol–water partition coefficient (Wildman–Crippen LogP) is 1.62. The molecule has 3 heteroatoms. The number of aromatic nitrogens is 1. The van der Waals surface area contributed by atoms with Gasteiger partial charge in [-0.3, -0.25) is 4.98 Å². The van der Waals surface area contributed by atoms with Crippen LogP contribution in [0.4, 0.5) is 0 Å². The third-order valence-corrected chi connectivity index (χ3v) is 3.08. The molecule has 0 radical (unpaired) electrons. The van der Waals surface area contributed by atoms with E-state index in [1.807, 2.05) is 18.2 Å². The number of hydrogen-bond acceptors (Lipinski definition) is 3. The van der Waals surface area contributed by atoms with E-state index >= 15 is 0 Å². The normalized spacial score (nSPS) is 14.9. The maximum Gasteiger partial charge on any atom is 0.0704 e. The molecule has 0 amide bonds. The zero-order chi connectivity index (χ0) is 11.5. The Morgan fingerprint density at radius 2 is 2.06 bits per heavy atom. The lowest BCUT2D eigenvalue weighted by atomic mass is 9.91. The fourth-order valence-electron chi connectivity index (χ4n) is 1.96. The highest BCUT2D eigenvalue weighted by atomic mass is 14.7. The molecule has 0 saturated heterocycles. The standard InChI is InChI=1S/C13H17N3/c1-9(12(15)8-14)10-4-2-6-13-11(10)5-3-7-16-13/h2-7,9,12H,8,14-15H2,1H3/t9-,12-/m1/s1. The number of nitrogens with two attached hydrogens (primary N) is 2. The van der Waals surface area contributed by atoms with Crippen molar-refractivity contribution in [2.24, 2.45) is 11.5 Å². The van der Waals surface area contributed by atoms with Crippen LogP contribution in [0.1, 0.15) is 18.4 Å². The molecule has 0 aliphatic heterocycles. The fraction of sp³-hybridized carbons (Fsp3) is 0.308. The van der Waals surface area contributed by atoms with Crippen LogP contribution in [0.5, 0.6) is 0 Å². The third kappa shape index (κ3) is 1.92. The second kappa shape index (κ2) is 4.60. The SMILES string of the molecule is C[C@H](c1cccc2ncccc12)[C@H](N)CN. The van der Waals surface area contributed by atoms with Crippen molar-refractivity contribution in [1.29, 1.82) is 0 Å². The number of benzene rings is 1. The Kier molecular flexibility index (Phi) is 3.17. The molecule has 1 aromatic heterocycles. The summed E-state index contributed by atoms with van der Waals surface area (Å²) in [7, 11) is 0. The summed E-state index contributed by atoms with van der Waals surface area (Å²) in [5.41, 5.74) is 13.8. The van der Waals surface area contributed by atoms with Crippen LogP contribution in [0.15, 0.2) is 36.5 Å². The Balaban J connectivity index is 2.52. The first kappa shape index (κ1) is 11.0. The molecule has 0 unspecified atom stereocenters. The van der Waals surface area contributed by atoms with E-state index in [-0.39, 0.29) is 12.0 Å². The number of fused-ring (bicyclic) bond motifs is 1. The minimum atomic E-state index is -0.00851. The van der Waals surface area contributed by atoms with Crippen LogP contribution in [-0.4, -0.2) is 17.6 Å². The molecule has 2 rings (SSSR count). The summed E-state index contributed by atoms with van der Waals surface area (Å²) in [5, 5.41) is 1.17. The molecule has 84 valence electrons. The van der Waals surface area contributed by atoms with E-state index in [1.165, 1.54) is 10.9 Å². The Labute approximate surface area is 95.5 Å². The van der Waals surface area contributed by atoms with Gasteiger partial charge in [0.1, 0.15) is 0 Å². The first-order chi connectivity index (χ1) is 7.74. The first-order valence-corrected chi connectivity index (χ1v) is 5.53. The van der Waals surface area contributed by atoms with E-state index in [9.17, 15) is 0 Å². The smallest absolute Gasteiger partial charge is 0.0704 e. The van der Waals surface area contributed by atoms with Crippen molar-refractivity contribution in [3.63, 3.8) is 0 Å². The lowest BCUT2D eigenvalue weighted by Crippen LogP contribution is -2.34. The van der Waals surface area contributed by atoms with Gasteiger partial charge in [-0.1, -0.05) is 25.1 Å². The zero-order valence-corrected chi connectivity index (χ0v) is 9.43. The summed E-state index contributed by atoms with van der Waals surface area (Å²) in [5.74, 6) is 0.248. The minimum absolute atomic E-state index is 0.00851. The van der Waals surface area contributed by atoms with E-state index in [2.05, 4.69) is 24.0 Å². The molecule has 0 spiro atoms. The highest BCUT2D eigenvalue weighted by molar-refractivity contribution is 5.82. The van der Waals surface area contributed by atoms with Gasteiger partial charge >= 0.3 is 0 Å². The van der Waals surface area contributed by atoms with E-state index in [0.717, 1.165) is 5.52 Å². The van der Waals surface area contributed by atoms with Crippen LogP contribution < -0.4 is 11.5 Å². The van der Waals surface area contributed by atoms with E-state index in [0.29, 0.717) is 6.54 Å². The second-order valence-corrected chi connectivity index (χ2v) is 4.11. The highest BCUT2D eigenvalue weighted by Crippen LogP contribution is 2.25. The molecule has 2 atom stereocenters. The average molecular weight is 215 g/mol. The summed E-state index contributed by atoms with van der Waals surface area (Å²) in [4.78, 5) is 4.34. The Bertz CT molecular complexity index is 476. The van der Waals surface area contributed by atoms with Gasteiger partial charge < -0.3 is 11.5 Å². The van der Waals surface area contributed by atoms with Gasteiger partial charge in [-0.15, -0.1) is 0 Å². The van der Waals surface area contributed by atoms with Gasteiger partial charge in [0.05, 0.1) is 5.52 Å². The van der Waals surface area contributed by atoms with Gasteiger partial charge in [-0.05, 0) is 23.6 Å². The molecule has 0 bridgehead atoms. The Morgan fingerprint density at radius 1 is 1.25 bits per heavy atom. The monoisotopic (exact) mass is 215 g/mol. The number of hydrogen-bond donors (Lipinski definition) is 2. The largest absolute Gasteiger partial charge is 0.329 e. The van der Waals surface area contributed by atoms with Gasteiger partial charge in [0.25, 0.3) is 0 Å². The van der Waals surface area contributed by atoms with Gasteiger partial charge in [0, 0.05) is 24.2 Å². The molecule has 2 aromatic rings. The molecule has 0 aliphatic rings. The quantitative estimate of drug-likeness (QED) is 0.817. The van der Waals surface area contributed by atoms with Crippen LogP contribution in [-0.2, 0) is 0 Å². The molecule has 0 fully saturated rings. The van der Waals surface area contributed by atoms with Crippen molar-refractivity contribution in [3.05, 3.63) is 42.1 Å². The average Bonchev–Trinajstić information content (AvgIpc) is 2.36. The summed E-state index contributed by atoms with van der Waals surface area (Å²) in [6.07, 6.45) is 1.81. The van der Waals surface area contributed by atoms with Crippen molar-refractivity contribution < 1.29 is 0 Å². The van der Waals surface area contributed by atoms with Crippen LogP contribution >= 0.6 is 0 Å². The molecular weight excluding hydrogens is 198 g/mol. The summed E-state index contributed by atoms with van der Waals surface area (Å²) >= 11 is 0. The summed E-state index contributed by atoms with van der Waals surface area (Å²) in [6.45, 7) is 2.61. The van der Waals surface area contributed by atoms with Crippen LogP contribution in [0, 0.1) is 0 Å². The van der Waals surface area contributed by atoms with Crippen molar-refractivity contribution in [2.75, 3.05) is 6.54 Å². The minimum Gasteiger partial charge on any atom is -0.329 e. The molecule has 4 N–H and O–H groups in total. The van der Waals surface area contributed by atoms with Gasteiger partial charge in [0.15, 0.2) is 0 Å². The van der Waals surface area contributed by atoms with Crippen LogP contribution in [0.25, 0.3) is 10.9 Å². The van der Waals surface area contributed by atoms with Gasteiger partial charge in [-0.2, -0.15) is 0 Å². The maximum atomic E-state index is 5.99. The number of rotatable bonds is 3. The van der Waals surface area contributed by atoms with E-state index in [1.54, 1.807) is 6.20 Å². The summed E-state index contributed by atoms with van der Waals surface area (Å²) < 4.78 is 0. The molecule has 0 saturated carbocycles. The summed E-state index contributed by atoms with van der Waals surface area (Å²) in [6, 6.07) is 10.2. The van der Waals surface area contributed by atoms with Crippen LogP contribution in [0.2, 0.25) is 0 Å². The van der Waals surface area contributed by atoms with Crippen molar-refractivity contribution in [2.45, 2.75) is 18.9 Å². The van der Waals surface area contributed by atoms with Gasteiger partial charge in [-0.25, -0.2) is 0 Å². The number of pyridine rings is 1. The lowest BCUT2D eigenvalue weighted by Gasteiger charge is -2.20. The molecule has 1 aromatic carbocycles. The van der Waals surface area contributed by atoms with E-state index < -0.39 is 0 Å².